The average Bonchev–Trinajstić information content (AvgIpc) is 3.14. The third-order valence-electron chi connectivity index (χ3n) is 3.52. The fraction of sp³-hybridized carbons (Fsp3) is 0.353. The minimum absolute atomic E-state index is 0.0852. The maximum atomic E-state index is 11.7. The molecule has 3 N–H and O–H groups in total. The van der Waals surface area contributed by atoms with Crippen LogP contribution in [-0.4, -0.2) is 42.3 Å². The van der Waals surface area contributed by atoms with Gasteiger partial charge in [-0.1, -0.05) is 12.1 Å². The highest BCUT2D eigenvalue weighted by Gasteiger charge is 2.04. The number of nitrogens with one attached hydrogen (secondary N) is 3. The number of rotatable bonds is 7. The van der Waals surface area contributed by atoms with Crippen molar-refractivity contribution >= 4 is 11.9 Å². The maximum Gasteiger partial charge on any atom is 0.251 e. The van der Waals surface area contributed by atoms with E-state index in [1.807, 2.05) is 35.1 Å². The van der Waals surface area contributed by atoms with Gasteiger partial charge < -0.3 is 16.0 Å². The lowest BCUT2D eigenvalue weighted by Gasteiger charge is -2.12. The predicted molar refractivity (Wildman–Crippen MR) is 94.9 cm³/mol. The van der Waals surface area contributed by atoms with Crippen LogP contribution in [0.5, 0.6) is 0 Å². The van der Waals surface area contributed by atoms with E-state index in [0.717, 1.165) is 31.0 Å². The van der Waals surface area contributed by atoms with Crippen molar-refractivity contribution in [3.63, 3.8) is 0 Å². The van der Waals surface area contributed by atoms with E-state index in [0.29, 0.717) is 12.1 Å². The average molecular weight is 328 g/mol. The van der Waals surface area contributed by atoms with E-state index in [9.17, 15) is 4.79 Å². The van der Waals surface area contributed by atoms with Gasteiger partial charge >= 0.3 is 0 Å². The Morgan fingerprint density at radius 3 is 2.88 bits per heavy atom. The van der Waals surface area contributed by atoms with Crippen LogP contribution in [0.3, 0.4) is 0 Å². The van der Waals surface area contributed by atoms with Crippen molar-refractivity contribution in [2.75, 3.05) is 20.6 Å². The second-order valence-corrected chi connectivity index (χ2v) is 5.25. The van der Waals surface area contributed by atoms with Crippen LogP contribution in [0.25, 0.3) is 0 Å². The number of nitrogens with zero attached hydrogens (tertiary/aromatic N) is 3. The normalized spacial score (nSPS) is 11.2. The Bertz CT molecular complexity index is 665. The van der Waals surface area contributed by atoms with Gasteiger partial charge in [0.25, 0.3) is 5.91 Å². The number of benzene rings is 1. The highest BCUT2D eigenvalue weighted by Crippen LogP contribution is 2.05. The molecule has 2 rings (SSSR count). The number of guanidine groups is 1. The van der Waals surface area contributed by atoms with Crippen molar-refractivity contribution in [2.45, 2.75) is 19.5 Å². The van der Waals surface area contributed by atoms with E-state index in [2.05, 4.69) is 26.0 Å². The monoisotopic (exact) mass is 328 g/mol. The molecule has 0 aliphatic carbocycles. The lowest BCUT2D eigenvalue weighted by Crippen LogP contribution is -2.37. The number of amides is 1. The first-order chi connectivity index (χ1) is 11.7. The lowest BCUT2D eigenvalue weighted by atomic mass is 10.1. The zero-order valence-electron chi connectivity index (χ0n) is 14.1. The Balaban J connectivity index is 1.76. The molecule has 2 aromatic rings. The van der Waals surface area contributed by atoms with Gasteiger partial charge in [0.15, 0.2) is 5.96 Å². The molecule has 0 atom stereocenters. The van der Waals surface area contributed by atoms with Gasteiger partial charge in [0.1, 0.15) is 0 Å². The Morgan fingerprint density at radius 2 is 2.17 bits per heavy atom. The van der Waals surface area contributed by atoms with E-state index in [1.165, 1.54) is 0 Å². The highest BCUT2D eigenvalue weighted by molar-refractivity contribution is 5.94. The van der Waals surface area contributed by atoms with Gasteiger partial charge in [-0.05, 0) is 30.2 Å². The van der Waals surface area contributed by atoms with Gasteiger partial charge in [0, 0.05) is 51.7 Å². The molecular weight excluding hydrogens is 304 g/mol. The molecule has 0 aliphatic rings. The van der Waals surface area contributed by atoms with Crippen LogP contribution in [-0.2, 0) is 13.1 Å². The zero-order valence-corrected chi connectivity index (χ0v) is 14.1. The molecule has 1 amide bonds. The van der Waals surface area contributed by atoms with Crippen molar-refractivity contribution in [3.8, 4) is 0 Å². The van der Waals surface area contributed by atoms with Crippen LogP contribution in [0.1, 0.15) is 22.3 Å². The van der Waals surface area contributed by atoms with Gasteiger partial charge in [0.2, 0.25) is 0 Å². The van der Waals surface area contributed by atoms with E-state index in [-0.39, 0.29) is 5.91 Å². The fourth-order valence-corrected chi connectivity index (χ4v) is 2.25. The SMILES string of the molecule is CN=C(NCCCn1cccn1)NCc1cccc(C(=O)NC)c1. The van der Waals surface area contributed by atoms with Crippen LogP contribution in [0.15, 0.2) is 47.7 Å². The standard InChI is InChI=1S/C17H24N6O/c1-18-16(24)15-7-3-6-14(12-15)13-21-17(19-2)20-8-4-10-23-11-5-9-22-23/h3,5-7,9,11-12H,4,8,10,13H2,1-2H3,(H,18,24)(H2,19,20,21). The topological polar surface area (TPSA) is 83.3 Å². The van der Waals surface area contributed by atoms with E-state index in [4.69, 9.17) is 0 Å². The highest BCUT2D eigenvalue weighted by atomic mass is 16.1. The Hall–Kier alpha value is -2.83. The van der Waals surface area contributed by atoms with Crippen LogP contribution < -0.4 is 16.0 Å². The summed E-state index contributed by atoms with van der Waals surface area (Å²) in [6.45, 7) is 2.27. The van der Waals surface area contributed by atoms with E-state index < -0.39 is 0 Å². The summed E-state index contributed by atoms with van der Waals surface area (Å²) >= 11 is 0. The Labute approximate surface area is 142 Å². The number of carbonyl (C=O) groups is 1. The summed E-state index contributed by atoms with van der Waals surface area (Å²) in [6.07, 6.45) is 4.68. The summed E-state index contributed by atoms with van der Waals surface area (Å²) in [5.41, 5.74) is 1.68. The van der Waals surface area contributed by atoms with Crippen molar-refractivity contribution in [2.24, 2.45) is 4.99 Å². The largest absolute Gasteiger partial charge is 0.356 e. The molecule has 24 heavy (non-hydrogen) atoms. The lowest BCUT2D eigenvalue weighted by molar-refractivity contribution is 0.0963. The molecular formula is C17H24N6O. The summed E-state index contributed by atoms with van der Waals surface area (Å²) in [6, 6.07) is 9.44. The zero-order chi connectivity index (χ0) is 17.2. The summed E-state index contributed by atoms with van der Waals surface area (Å²) in [5.74, 6) is 0.652. The van der Waals surface area contributed by atoms with Crippen molar-refractivity contribution in [1.82, 2.24) is 25.7 Å². The van der Waals surface area contributed by atoms with Gasteiger partial charge in [-0.15, -0.1) is 0 Å². The Kier molecular flexibility index (Phi) is 6.82. The molecule has 7 nitrogen and oxygen atoms in total. The molecule has 7 heteroatoms. The fourth-order valence-electron chi connectivity index (χ4n) is 2.25. The number of aromatic nitrogens is 2. The molecule has 128 valence electrons. The second kappa shape index (κ2) is 9.34. The number of hydrogen-bond acceptors (Lipinski definition) is 3. The summed E-state index contributed by atoms with van der Waals surface area (Å²) in [5, 5.41) is 13.3. The quantitative estimate of drug-likeness (QED) is 0.402. The van der Waals surface area contributed by atoms with Crippen LogP contribution in [0.4, 0.5) is 0 Å². The molecule has 0 fully saturated rings. The minimum atomic E-state index is -0.0852. The van der Waals surface area contributed by atoms with Gasteiger partial charge in [-0.2, -0.15) is 5.10 Å². The molecule has 1 aromatic carbocycles. The first-order valence-electron chi connectivity index (χ1n) is 7.96. The Morgan fingerprint density at radius 1 is 1.29 bits per heavy atom. The molecule has 0 spiro atoms. The first-order valence-corrected chi connectivity index (χ1v) is 7.96. The van der Waals surface area contributed by atoms with E-state index >= 15 is 0 Å². The third kappa shape index (κ3) is 5.42. The third-order valence-corrected chi connectivity index (χ3v) is 3.52. The number of hydrogen-bond donors (Lipinski definition) is 3. The summed E-state index contributed by atoms with van der Waals surface area (Å²) in [4.78, 5) is 15.9. The molecule has 0 saturated carbocycles. The number of aryl methyl sites for hydroxylation is 1. The molecule has 1 aromatic heterocycles. The summed E-state index contributed by atoms with van der Waals surface area (Å²) < 4.78 is 1.90. The van der Waals surface area contributed by atoms with Crippen molar-refractivity contribution in [3.05, 3.63) is 53.9 Å². The van der Waals surface area contributed by atoms with Crippen LogP contribution >= 0.6 is 0 Å². The van der Waals surface area contributed by atoms with Gasteiger partial charge in [-0.25, -0.2) is 0 Å². The summed E-state index contributed by atoms with van der Waals surface area (Å²) in [7, 11) is 3.37. The van der Waals surface area contributed by atoms with Crippen LogP contribution in [0, 0.1) is 0 Å². The molecule has 0 saturated heterocycles. The smallest absolute Gasteiger partial charge is 0.251 e. The first kappa shape index (κ1) is 17.5. The van der Waals surface area contributed by atoms with Crippen molar-refractivity contribution < 1.29 is 4.79 Å². The molecule has 0 bridgehead atoms. The molecule has 0 radical (unpaired) electrons. The predicted octanol–water partition coefficient (Wildman–Crippen LogP) is 0.998. The van der Waals surface area contributed by atoms with Gasteiger partial charge in [0.05, 0.1) is 0 Å². The number of aliphatic imine (C=N–C) groups is 1. The van der Waals surface area contributed by atoms with Crippen molar-refractivity contribution in [1.29, 1.82) is 0 Å². The molecule has 0 unspecified atom stereocenters. The van der Waals surface area contributed by atoms with Gasteiger partial charge in [-0.3, -0.25) is 14.5 Å². The maximum absolute atomic E-state index is 11.7. The second-order valence-electron chi connectivity index (χ2n) is 5.25. The number of carbonyl (C=O) groups excluding carboxylic acids is 1. The van der Waals surface area contributed by atoms with E-state index in [1.54, 1.807) is 26.4 Å². The van der Waals surface area contributed by atoms with Crippen LogP contribution in [0.2, 0.25) is 0 Å². The minimum Gasteiger partial charge on any atom is -0.356 e. The molecule has 1 heterocycles. The molecule has 0 aliphatic heterocycles.